The Kier molecular flexibility index (Phi) is 6.22. The van der Waals surface area contributed by atoms with Crippen LogP contribution < -0.4 is 0 Å². The quantitative estimate of drug-likeness (QED) is 0.185. The second-order valence-electron chi connectivity index (χ2n) is 13.2. The number of nitrogens with zero attached hydrogens (tertiary/aromatic N) is 4. The van der Waals surface area contributed by atoms with Gasteiger partial charge in [-0.15, -0.1) is 0 Å². The summed E-state index contributed by atoms with van der Waals surface area (Å²) in [6, 6.07) is 55.4. The van der Waals surface area contributed by atoms with Crippen LogP contribution in [0.25, 0.3) is 105 Å². The summed E-state index contributed by atoms with van der Waals surface area (Å²) in [6.07, 6.45) is 0. The predicted octanol–water partition coefficient (Wildman–Crippen LogP) is 12.2. The van der Waals surface area contributed by atoms with Crippen molar-refractivity contribution in [2.24, 2.45) is 0 Å². The van der Waals surface area contributed by atoms with Crippen LogP contribution in [0.2, 0.25) is 0 Å². The fourth-order valence-electron chi connectivity index (χ4n) is 7.97. The van der Waals surface area contributed by atoms with Crippen LogP contribution in [0.1, 0.15) is 5.56 Å². The average Bonchev–Trinajstić information content (AvgIpc) is 3.91. The molecule has 6 heteroatoms. The lowest BCUT2D eigenvalue weighted by Gasteiger charge is -2.14. The van der Waals surface area contributed by atoms with Gasteiger partial charge >= 0.3 is 0 Å². The molecule has 11 rings (SSSR count). The number of aromatic nitrogens is 3. The van der Waals surface area contributed by atoms with Crippen LogP contribution >= 0.6 is 0 Å². The van der Waals surface area contributed by atoms with E-state index < -0.39 is 0 Å². The summed E-state index contributed by atoms with van der Waals surface area (Å²) in [7, 11) is 0. The molecule has 0 atom stereocenters. The van der Waals surface area contributed by atoms with Crippen molar-refractivity contribution in [1.82, 2.24) is 14.5 Å². The Balaban J connectivity index is 1.24. The van der Waals surface area contributed by atoms with Crippen LogP contribution in [0.4, 0.5) is 0 Å². The second-order valence-corrected chi connectivity index (χ2v) is 13.2. The number of nitriles is 1. The maximum atomic E-state index is 10.5. The summed E-state index contributed by atoms with van der Waals surface area (Å²) < 4.78 is 15.7. The lowest BCUT2D eigenvalue weighted by molar-refractivity contribution is 0.666. The lowest BCUT2D eigenvalue weighted by atomic mass is 9.99. The molecule has 11 aromatic rings. The van der Waals surface area contributed by atoms with Gasteiger partial charge in [-0.3, -0.25) is 0 Å². The van der Waals surface area contributed by atoms with Crippen LogP contribution in [0.15, 0.2) is 167 Å². The maximum absolute atomic E-state index is 10.5. The van der Waals surface area contributed by atoms with Crippen LogP contribution in [0.3, 0.4) is 0 Å². The van der Waals surface area contributed by atoms with E-state index in [2.05, 4.69) is 71.3 Å². The van der Waals surface area contributed by atoms with Crippen molar-refractivity contribution in [3.05, 3.63) is 163 Å². The fourth-order valence-corrected chi connectivity index (χ4v) is 7.97. The molecule has 0 saturated heterocycles. The van der Waals surface area contributed by atoms with Gasteiger partial charge < -0.3 is 13.4 Å². The molecule has 7 aromatic carbocycles. The number of para-hydroxylation sites is 3. The molecule has 53 heavy (non-hydrogen) atoms. The zero-order chi connectivity index (χ0) is 35.0. The van der Waals surface area contributed by atoms with E-state index in [4.69, 9.17) is 18.8 Å². The highest BCUT2D eigenvalue weighted by Crippen LogP contribution is 2.45. The molecule has 4 aromatic heterocycles. The van der Waals surface area contributed by atoms with Crippen molar-refractivity contribution < 1.29 is 8.83 Å². The van der Waals surface area contributed by atoms with Gasteiger partial charge in [-0.1, -0.05) is 115 Å². The van der Waals surface area contributed by atoms with Gasteiger partial charge in [0.15, 0.2) is 11.4 Å². The molecular weight excluding hydrogens is 653 g/mol. The summed E-state index contributed by atoms with van der Waals surface area (Å²) in [5.41, 5.74) is 10.2. The molecule has 0 saturated carbocycles. The van der Waals surface area contributed by atoms with E-state index in [0.29, 0.717) is 28.4 Å². The average molecular weight is 679 g/mol. The van der Waals surface area contributed by atoms with Gasteiger partial charge in [0.05, 0.1) is 33.5 Å². The minimum Gasteiger partial charge on any atom is -0.455 e. The normalized spacial score (nSPS) is 11.8. The molecular formula is C47H26N4O2. The van der Waals surface area contributed by atoms with E-state index in [0.717, 1.165) is 82.5 Å². The summed E-state index contributed by atoms with van der Waals surface area (Å²) in [6.45, 7) is 0. The molecule has 246 valence electrons. The van der Waals surface area contributed by atoms with Crippen molar-refractivity contribution in [2.45, 2.75) is 0 Å². The van der Waals surface area contributed by atoms with Gasteiger partial charge in [0.2, 0.25) is 0 Å². The van der Waals surface area contributed by atoms with Crippen LogP contribution in [0.5, 0.6) is 0 Å². The predicted molar refractivity (Wildman–Crippen MR) is 212 cm³/mol. The lowest BCUT2D eigenvalue weighted by Crippen LogP contribution is -2.02. The third-order valence-electron chi connectivity index (χ3n) is 10.3. The van der Waals surface area contributed by atoms with E-state index in [1.807, 2.05) is 97.1 Å². The number of furan rings is 2. The van der Waals surface area contributed by atoms with Gasteiger partial charge in [-0.25, -0.2) is 9.97 Å². The fraction of sp³-hybridized carbons (Fsp3) is 0. The topological polar surface area (TPSA) is 80.8 Å². The van der Waals surface area contributed by atoms with Crippen LogP contribution in [0, 0.1) is 11.3 Å². The highest BCUT2D eigenvalue weighted by Gasteiger charge is 2.25. The van der Waals surface area contributed by atoms with Crippen molar-refractivity contribution in [3.8, 4) is 45.7 Å². The highest BCUT2D eigenvalue weighted by molar-refractivity contribution is 6.24. The third-order valence-corrected chi connectivity index (χ3v) is 10.3. The van der Waals surface area contributed by atoms with Gasteiger partial charge in [0, 0.05) is 43.6 Å². The van der Waals surface area contributed by atoms with E-state index in [1.54, 1.807) is 0 Å². The molecule has 0 fully saturated rings. The van der Waals surface area contributed by atoms with Gasteiger partial charge in [-0.2, -0.15) is 5.26 Å². The number of benzene rings is 7. The SMILES string of the molecule is N#Cc1c(-c2ccccc2)nc(-c2ccc(-n3c4ccccc4c4c5oc6ccccc6c5ccc43)c3oc4ccccc4c23)nc1-c1ccccc1. The maximum Gasteiger partial charge on any atom is 0.161 e. The number of fused-ring (bicyclic) bond motifs is 10. The Bertz CT molecular complexity index is 3230. The largest absolute Gasteiger partial charge is 0.455 e. The molecule has 0 unspecified atom stereocenters. The Morgan fingerprint density at radius 2 is 1.06 bits per heavy atom. The molecule has 0 aliphatic rings. The molecule has 0 amide bonds. The summed E-state index contributed by atoms with van der Waals surface area (Å²) >= 11 is 0. The first kappa shape index (κ1) is 29.3. The zero-order valence-electron chi connectivity index (χ0n) is 28.1. The van der Waals surface area contributed by atoms with Crippen molar-refractivity contribution in [1.29, 1.82) is 5.26 Å². The molecule has 0 spiro atoms. The highest BCUT2D eigenvalue weighted by atomic mass is 16.3. The van der Waals surface area contributed by atoms with E-state index in [-0.39, 0.29) is 0 Å². The number of hydrogen-bond donors (Lipinski definition) is 0. The summed E-state index contributed by atoms with van der Waals surface area (Å²) in [4.78, 5) is 10.3. The zero-order valence-corrected chi connectivity index (χ0v) is 28.1. The van der Waals surface area contributed by atoms with E-state index in [1.165, 1.54) is 0 Å². The first-order valence-corrected chi connectivity index (χ1v) is 17.5. The van der Waals surface area contributed by atoms with E-state index >= 15 is 0 Å². The van der Waals surface area contributed by atoms with Gasteiger partial charge in [0.1, 0.15) is 28.4 Å². The standard InChI is InChI=1S/C47H26N4O2/c48-27-35-43(28-13-3-1-4-14-28)49-47(50-44(35)29-15-5-2-6-16-29)34-24-26-38(46-41(34)33-19-9-12-22-40(33)53-46)51-36-20-10-7-18-32(36)42-37(51)25-23-31-30-17-8-11-21-39(30)52-45(31)42/h1-26H. The molecule has 0 radical (unpaired) electrons. The van der Waals surface area contributed by atoms with Crippen LogP contribution in [-0.4, -0.2) is 14.5 Å². The van der Waals surface area contributed by atoms with Crippen molar-refractivity contribution >= 4 is 65.7 Å². The summed E-state index contributed by atoms with van der Waals surface area (Å²) in [5, 5.41) is 16.7. The molecule has 0 aliphatic carbocycles. The second kappa shape index (κ2) is 11.3. The number of rotatable bonds is 4. The number of hydrogen-bond acceptors (Lipinski definition) is 5. The smallest absolute Gasteiger partial charge is 0.161 e. The monoisotopic (exact) mass is 678 g/mol. The first-order valence-electron chi connectivity index (χ1n) is 17.5. The van der Waals surface area contributed by atoms with Gasteiger partial charge in [-0.05, 0) is 42.5 Å². The Hall–Kier alpha value is -7.49. The van der Waals surface area contributed by atoms with Crippen molar-refractivity contribution in [2.75, 3.05) is 0 Å². The first-order chi connectivity index (χ1) is 26.3. The molecule has 0 aliphatic heterocycles. The molecule has 0 bridgehead atoms. The molecule has 4 heterocycles. The molecule has 6 nitrogen and oxygen atoms in total. The Morgan fingerprint density at radius 3 is 1.75 bits per heavy atom. The van der Waals surface area contributed by atoms with Gasteiger partial charge in [0.25, 0.3) is 0 Å². The Labute approximate surface area is 302 Å². The minimum absolute atomic E-state index is 0.429. The summed E-state index contributed by atoms with van der Waals surface area (Å²) in [5.74, 6) is 0.510. The minimum atomic E-state index is 0.429. The van der Waals surface area contributed by atoms with E-state index in [9.17, 15) is 5.26 Å². The Morgan fingerprint density at radius 1 is 0.472 bits per heavy atom. The van der Waals surface area contributed by atoms with Crippen LogP contribution in [-0.2, 0) is 0 Å². The third kappa shape index (κ3) is 4.25. The van der Waals surface area contributed by atoms with Crippen molar-refractivity contribution in [3.63, 3.8) is 0 Å². The molecule has 0 N–H and O–H groups in total.